The molecule has 1 saturated heterocycles. The van der Waals surface area contributed by atoms with E-state index < -0.39 is 0 Å². The van der Waals surface area contributed by atoms with Crippen molar-refractivity contribution in [1.29, 1.82) is 5.26 Å². The monoisotopic (exact) mass is 232 g/mol. The van der Waals surface area contributed by atoms with Gasteiger partial charge in [0, 0.05) is 19.3 Å². The van der Waals surface area contributed by atoms with E-state index in [-0.39, 0.29) is 5.60 Å². The summed E-state index contributed by atoms with van der Waals surface area (Å²) in [5, 5.41) is 11.9. The number of nitrogens with two attached hydrogens (primary N) is 1. The summed E-state index contributed by atoms with van der Waals surface area (Å²) < 4.78 is 5.66. The van der Waals surface area contributed by atoms with Gasteiger partial charge in [-0.2, -0.15) is 5.26 Å². The van der Waals surface area contributed by atoms with Gasteiger partial charge in [-0.1, -0.05) is 0 Å². The van der Waals surface area contributed by atoms with Crippen molar-refractivity contribution in [2.24, 2.45) is 0 Å². The highest BCUT2D eigenvalue weighted by Crippen LogP contribution is 2.26. The Bertz CT molecular complexity index is 446. The van der Waals surface area contributed by atoms with Crippen molar-refractivity contribution in [3.8, 4) is 6.07 Å². The van der Waals surface area contributed by atoms with Crippen molar-refractivity contribution < 1.29 is 4.74 Å². The summed E-state index contributed by atoms with van der Waals surface area (Å²) >= 11 is 0. The van der Waals surface area contributed by atoms with Crippen LogP contribution in [0.5, 0.6) is 0 Å². The molecule has 0 aliphatic carbocycles. The summed E-state index contributed by atoms with van der Waals surface area (Å²) in [6.45, 7) is 3.57. The Morgan fingerprint density at radius 3 is 3.12 bits per heavy atom. The molecular weight excluding hydrogens is 216 g/mol. The van der Waals surface area contributed by atoms with Crippen LogP contribution >= 0.6 is 0 Å². The fourth-order valence-corrected chi connectivity index (χ4v) is 1.94. The molecule has 0 aromatic carbocycles. The minimum atomic E-state index is -0.137. The lowest BCUT2D eigenvalue weighted by Crippen LogP contribution is -2.32. The van der Waals surface area contributed by atoms with Crippen LogP contribution in [0.15, 0.2) is 12.3 Å². The van der Waals surface area contributed by atoms with Gasteiger partial charge < -0.3 is 15.8 Å². The molecular formula is C12H16N4O. The van der Waals surface area contributed by atoms with Gasteiger partial charge in [-0.3, -0.25) is 0 Å². The van der Waals surface area contributed by atoms with E-state index in [0.717, 1.165) is 19.4 Å². The van der Waals surface area contributed by atoms with E-state index in [1.54, 1.807) is 6.07 Å². The van der Waals surface area contributed by atoms with E-state index >= 15 is 0 Å². The smallest absolute Gasteiger partial charge is 0.149 e. The third-order valence-electron chi connectivity index (χ3n) is 2.98. The second-order valence-electron chi connectivity index (χ2n) is 4.53. The van der Waals surface area contributed by atoms with Gasteiger partial charge in [-0.15, -0.1) is 0 Å². The number of hydrogen-bond donors (Lipinski definition) is 2. The standard InChI is InChI=1S/C12H16N4O/c1-12(3-2-4-17-12)8-16-11-10(14)5-9(6-13)7-15-11/h5,7H,2-4,8,14H2,1H3,(H,15,16). The third-order valence-corrected chi connectivity index (χ3v) is 2.98. The molecule has 5 nitrogen and oxygen atoms in total. The molecule has 1 aliphatic rings. The molecule has 0 bridgehead atoms. The van der Waals surface area contributed by atoms with Gasteiger partial charge in [0.15, 0.2) is 0 Å². The zero-order valence-electron chi connectivity index (χ0n) is 9.86. The minimum Gasteiger partial charge on any atom is -0.396 e. The quantitative estimate of drug-likeness (QED) is 0.825. The number of nitrogens with one attached hydrogen (secondary N) is 1. The van der Waals surface area contributed by atoms with Gasteiger partial charge in [-0.05, 0) is 25.8 Å². The lowest BCUT2D eigenvalue weighted by molar-refractivity contribution is 0.0315. The first-order chi connectivity index (χ1) is 8.13. The number of nitrogen functional groups attached to an aromatic ring is 1. The van der Waals surface area contributed by atoms with E-state index in [0.29, 0.717) is 23.6 Å². The molecule has 1 aromatic rings. The van der Waals surface area contributed by atoms with E-state index in [4.69, 9.17) is 15.7 Å². The molecule has 1 aliphatic heterocycles. The van der Waals surface area contributed by atoms with Crippen molar-refractivity contribution in [1.82, 2.24) is 4.98 Å². The first-order valence-electron chi connectivity index (χ1n) is 5.66. The molecule has 1 fully saturated rings. The molecule has 1 unspecified atom stereocenters. The van der Waals surface area contributed by atoms with Crippen LogP contribution in [0, 0.1) is 11.3 Å². The zero-order chi connectivity index (χ0) is 12.3. The fraction of sp³-hybridized carbons (Fsp3) is 0.500. The lowest BCUT2D eigenvalue weighted by Gasteiger charge is -2.24. The molecule has 0 saturated carbocycles. The second-order valence-corrected chi connectivity index (χ2v) is 4.53. The Kier molecular flexibility index (Phi) is 3.16. The van der Waals surface area contributed by atoms with Crippen molar-refractivity contribution >= 4 is 11.5 Å². The number of nitriles is 1. The fourth-order valence-electron chi connectivity index (χ4n) is 1.94. The first-order valence-corrected chi connectivity index (χ1v) is 5.66. The van der Waals surface area contributed by atoms with Crippen molar-refractivity contribution in [2.75, 3.05) is 24.2 Å². The van der Waals surface area contributed by atoms with Crippen LogP contribution in [0.3, 0.4) is 0 Å². The van der Waals surface area contributed by atoms with Crippen LogP contribution in [0.25, 0.3) is 0 Å². The predicted octanol–water partition coefficient (Wildman–Crippen LogP) is 1.52. The van der Waals surface area contributed by atoms with Crippen LogP contribution in [0.1, 0.15) is 25.3 Å². The van der Waals surface area contributed by atoms with Crippen LogP contribution in [0.2, 0.25) is 0 Å². The molecule has 0 spiro atoms. The Labute approximate surface area is 101 Å². The number of hydrogen-bond acceptors (Lipinski definition) is 5. The minimum absolute atomic E-state index is 0.137. The van der Waals surface area contributed by atoms with Gasteiger partial charge in [0.1, 0.15) is 11.9 Å². The van der Waals surface area contributed by atoms with E-state index in [1.807, 2.05) is 6.07 Å². The summed E-state index contributed by atoms with van der Waals surface area (Å²) in [7, 11) is 0. The van der Waals surface area contributed by atoms with E-state index in [2.05, 4.69) is 17.2 Å². The molecule has 5 heteroatoms. The number of pyridine rings is 1. The molecule has 2 heterocycles. The maximum absolute atomic E-state index is 8.71. The van der Waals surface area contributed by atoms with Crippen molar-refractivity contribution in [3.63, 3.8) is 0 Å². The number of rotatable bonds is 3. The van der Waals surface area contributed by atoms with Crippen LogP contribution in [-0.4, -0.2) is 23.7 Å². The maximum Gasteiger partial charge on any atom is 0.149 e. The highest BCUT2D eigenvalue weighted by Gasteiger charge is 2.29. The summed E-state index contributed by atoms with van der Waals surface area (Å²) in [4.78, 5) is 4.13. The average molecular weight is 232 g/mol. The lowest BCUT2D eigenvalue weighted by atomic mass is 10.0. The largest absolute Gasteiger partial charge is 0.396 e. The Morgan fingerprint density at radius 2 is 2.53 bits per heavy atom. The summed E-state index contributed by atoms with van der Waals surface area (Å²) in [6, 6.07) is 3.62. The number of ether oxygens (including phenoxy) is 1. The highest BCUT2D eigenvalue weighted by molar-refractivity contribution is 5.63. The van der Waals surface area contributed by atoms with E-state index in [9.17, 15) is 0 Å². The molecule has 17 heavy (non-hydrogen) atoms. The van der Waals surface area contributed by atoms with Gasteiger partial charge in [0.05, 0.1) is 16.9 Å². The average Bonchev–Trinajstić information content (AvgIpc) is 2.75. The molecule has 1 atom stereocenters. The Morgan fingerprint density at radius 1 is 1.71 bits per heavy atom. The van der Waals surface area contributed by atoms with Crippen LogP contribution in [0.4, 0.5) is 11.5 Å². The Hall–Kier alpha value is -1.80. The Balaban J connectivity index is 2.02. The summed E-state index contributed by atoms with van der Waals surface area (Å²) in [6.07, 6.45) is 3.64. The van der Waals surface area contributed by atoms with Gasteiger partial charge in [0.2, 0.25) is 0 Å². The third kappa shape index (κ3) is 2.66. The summed E-state index contributed by atoms with van der Waals surface area (Å²) in [5.41, 5.74) is 6.63. The van der Waals surface area contributed by atoms with Gasteiger partial charge >= 0.3 is 0 Å². The molecule has 2 rings (SSSR count). The zero-order valence-corrected chi connectivity index (χ0v) is 9.86. The molecule has 90 valence electrons. The normalized spacial score (nSPS) is 23.3. The number of anilines is 2. The number of nitrogens with zero attached hydrogens (tertiary/aromatic N) is 2. The van der Waals surface area contributed by atoms with Crippen LogP contribution in [-0.2, 0) is 4.74 Å². The first kappa shape index (κ1) is 11.7. The van der Waals surface area contributed by atoms with Gasteiger partial charge in [0.25, 0.3) is 0 Å². The molecule has 0 radical (unpaired) electrons. The topological polar surface area (TPSA) is 84.0 Å². The second kappa shape index (κ2) is 4.60. The maximum atomic E-state index is 8.71. The van der Waals surface area contributed by atoms with E-state index in [1.165, 1.54) is 6.20 Å². The molecule has 0 amide bonds. The van der Waals surface area contributed by atoms with Gasteiger partial charge in [-0.25, -0.2) is 4.98 Å². The SMILES string of the molecule is CC1(CNc2ncc(C#N)cc2N)CCCO1. The van der Waals surface area contributed by atoms with Crippen molar-refractivity contribution in [3.05, 3.63) is 17.8 Å². The highest BCUT2D eigenvalue weighted by atomic mass is 16.5. The predicted molar refractivity (Wildman–Crippen MR) is 65.4 cm³/mol. The molecule has 1 aromatic heterocycles. The van der Waals surface area contributed by atoms with Crippen molar-refractivity contribution in [2.45, 2.75) is 25.4 Å². The number of aromatic nitrogens is 1. The molecule has 3 N–H and O–H groups in total. The van der Waals surface area contributed by atoms with Crippen LogP contribution < -0.4 is 11.1 Å². The summed E-state index contributed by atoms with van der Waals surface area (Å²) in [5.74, 6) is 0.612.